The zero-order valence-electron chi connectivity index (χ0n) is 9.91. The highest BCUT2D eigenvalue weighted by Gasteiger charge is 2.03. The third kappa shape index (κ3) is 4.36. The Morgan fingerprint density at radius 2 is 2.05 bits per heavy atom. The maximum Gasteiger partial charge on any atom is 0.260 e. The number of nitrogens with zero attached hydrogens (tertiary/aromatic N) is 3. The molecule has 1 heterocycles. The van der Waals surface area contributed by atoms with E-state index in [0.29, 0.717) is 5.11 Å². The predicted molar refractivity (Wildman–Crippen MR) is 74.0 cm³/mol. The van der Waals surface area contributed by atoms with Gasteiger partial charge in [0.2, 0.25) is 0 Å². The monoisotopic (exact) mass is 276 g/mol. The summed E-state index contributed by atoms with van der Waals surface area (Å²) >= 11 is 5.03. The fourth-order valence-corrected chi connectivity index (χ4v) is 1.48. The molecule has 1 aromatic heterocycles. The van der Waals surface area contributed by atoms with E-state index in [1.165, 1.54) is 17.3 Å². The predicted octanol–water partition coefficient (Wildman–Crippen LogP) is 0.296. The number of hydrogen-bond donors (Lipinski definition) is 3. The molecule has 98 valence electrons. The quantitative estimate of drug-likeness (QED) is 0.552. The van der Waals surface area contributed by atoms with E-state index in [4.69, 9.17) is 12.2 Å². The van der Waals surface area contributed by atoms with Gasteiger partial charge in [0.05, 0.1) is 0 Å². The molecule has 0 aliphatic carbocycles. The molecule has 0 aliphatic heterocycles. The molecule has 1 amide bonds. The van der Waals surface area contributed by atoms with Gasteiger partial charge in [-0.15, -0.1) is 0 Å². The van der Waals surface area contributed by atoms with Crippen LogP contribution in [0.5, 0.6) is 0 Å². The maximum absolute atomic E-state index is 11.5. The highest BCUT2D eigenvalue weighted by molar-refractivity contribution is 7.80. The van der Waals surface area contributed by atoms with Crippen molar-refractivity contribution in [2.24, 2.45) is 0 Å². The Morgan fingerprint density at radius 3 is 2.74 bits per heavy atom. The lowest BCUT2D eigenvalue weighted by atomic mass is 10.3. The first-order valence-electron chi connectivity index (χ1n) is 5.47. The highest BCUT2D eigenvalue weighted by atomic mass is 32.1. The summed E-state index contributed by atoms with van der Waals surface area (Å²) in [6.45, 7) is 0.0704. The van der Waals surface area contributed by atoms with E-state index in [2.05, 4.69) is 26.3 Å². The molecule has 1 aromatic carbocycles. The Kier molecular flexibility index (Phi) is 4.40. The smallest absolute Gasteiger partial charge is 0.260 e. The van der Waals surface area contributed by atoms with Crippen molar-refractivity contribution in [1.29, 1.82) is 0 Å². The lowest BCUT2D eigenvalue weighted by molar-refractivity contribution is -0.122. The molecule has 2 aromatic rings. The van der Waals surface area contributed by atoms with Crippen LogP contribution in [-0.2, 0) is 11.3 Å². The number of hydrazine groups is 1. The number of carbonyl (C=O) groups excluding carboxylic acids is 1. The number of nitrogens with one attached hydrogen (secondary N) is 3. The van der Waals surface area contributed by atoms with Crippen LogP contribution in [0.2, 0.25) is 0 Å². The number of carbonyl (C=O) groups is 1. The Balaban J connectivity index is 1.73. The van der Waals surface area contributed by atoms with E-state index >= 15 is 0 Å². The van der Waals surface area contributed by atoms with Crippen molar-refractivity contribution in [1.82, 2.24) is 25.6 Å². The number of para-hydroxylation sites is 1. The second-order valence-electron chi connectivity index (χ2n) is 3.59. The minimum atomic E-state index is -0.275. The van der Waals surface area contributed by atoms with E-state index in [-0.39, 0.29) is 12.5 Å². The Morgan fingerprint density at radius 1 is 1.26 bits per heavy atom. The van der Waals surface area contributed by atoms with Crippen molar-refractivity contribution in [2.75, 3.05) is 5.32 Å². The van der Waals surface area contributed by atoms with E-state index in [9.17, 15) is 4.79 Å². The Hall–Kier alpha value is -2.48. The van der Waals surface area contributed by atoms with Crippen LogP contribution in [0.4, 0.5) is 5.69 Å². The van der Waals surface area contributed by atoms with Crippen molar-refractivity contribution in [3.05, 3.63) is 43.0 Å². The van der Waals surface area contributed by atoms with Gasteiger partial charge in [-0.1, -0.05) is 18.2 Å². The number of thiocarbonyl (C=S) groups is 1. The van der Waals surface area contributed by atoms with Crippen molar-refractivity contribution in [3.63, 3.8) is 0 Å². The summed E-state index contributed by atoms with van der Waals surface area (Å²) < 4.78 is 1.41. The highest BCUT2D eigenvalue weighted by Crippen LogP contribution is 2.03. The number of amides is 1. The molecular formula is C11H12N6OS. The van der Waals surface area contributed by atoms with Gasteiger partial charge in [0.1, 0.15) is 19.2 Å². The molecule has 19 heavy (non-hydrogen) atoms. The minimum Gasteiger partial charge on any atom is -0.331 e. The summed E-state index contributed by atoms with van der Waals surface area (Å²) in [5.74, 6) is -0.275. The first kappa shape index (κ1) is 13.0. The van der Waals surface area contributed by atoms with Gasteiger partial charge < -0.3 is 5.32 Å². The average Bonchev–Trinajstić information content (AvgIpc) is 2.90. The van der Waals surface area contributed by atoms with Crippen LogP contribution >= 0.6 is 12.2 Å². The number of anilines is 1. The van der Waals surface area contributed by atoms with Crippen molar-refractivity contribution >= 4 is 28.9 Å². The molecule has 7 nitrogen and oxygen atoms in total. The summed E-state index contributed by atoms with van der Waals surface area (Å²) in [5.41, 5.74) is 5.90. The standard InChI is InChI=1S/C11H12N6OS/c18-10(6-17-8-12-7-13-17)15-16-11(19)14-9-4-2-1-3-5-9/h1-5,7-8H,6H2,(H,15,18)(H2,14,16,19). The van der Waals surface area contributed by atoms with Gasteiger partial charge in [-0.05, 0) is 24.4 Å². The fourth-order valence-electron chi connectivity index (χ4n) is 1.31. The van der Waals surface area contributed by atoms with E-state index in [0.717, 1.165) is 5.69 Å². The lowest BCUT2D eigenvalue weighted by Crippen LogP contribution is -2.45. The molecule has 8 heteroatoms. The second kappa shape index (κ2) is 6.45. The lowest BCUT2D eigenvalue weighted by Gasteiger charge is -2.11. The first-order chi connectivity index (χ1) is 9.24. The minimum absolute atomic E-state index is 0.0704. The van der Waals surface area contributed by atoms with Crippen LogP contribution < -0.4 is 16.2 Å². The van der Waals surface area contributed by atoms with Crippen LogP contribution in [0, 0.1) is 0 Å². The van der Waals surface area contributed by atoms with Gasteiger partial charge in [-0.25, -0.2) is 9.67 Å². The molecule has 0 saturated heterocycles. The van der Waals surface area contributed by atoms with Crippen LogP contribution in [0.3, 0.4) is 0 Å². The molecule has 0 fully saturated rings. The van der Waals surface area contributed by atoms with Crippen molar-refractivity contribution in [3.8, 4) is 0 Å². The summed E-state index contributed by atoms with van der Waals surface area (Å²) in [4.78, 5) is 15.3. The van der Waals surface area contributed by atoms with Gasteiger partial charge in [-0.3, -0.25) is 15.6 Å². The molecule has 0 bridgehead atoms. The third-order valence-electron chi connectivity index (χ3n) is 2.12. The van der Waals surface area contributed by atoms with Gasteiger partial charge in [0.15, 0.2) is 5.11 Å². The van der Waals surface area contributed by atoms with E-state index in [1.54, 1.807) is 0 Å². The van der Waals surface area contributed by atoms with E-state index < -0.39 is 0 Å². The molecule has 0 unspecified atom stereocenters. The van der Waals surface area contributed by atoms with Crippen LogP contribution in [-0.4, -0.2) is 25.8 Å². The normalized spacial score (nSPS) is 9.68. The number of hydrogen-bond acceptors (Lipinski definition) is 4. The summed E-state index contributed by atoms with van der Waals surface area (Å²) in [5, 5.41) is 7.05. The van der Waals surface area contributed by atoms with Crippen LogP contribution in [0.15, 0.2) is 43.0 Å². The zero-order chi connectivity index (χ0) is 13.5. The fraction of sp³-hybridized carbons (Fsp3) is 0.0909. The zero-order valence-corrected chi connectivity index (χ0v) is 10.7. The summed E-state index contributed by atoms with van der Waals surface area (Å²) in [6.07, 6.45) is 2.82. The first-order valence-corrected chi connectivity index (χ1v) is 5.88. The summed E-state index contributed by atoms with van der Waals surface area (Å²) in [6, 6.07) is 9.40. The van der Waals surface area contributed by atoms with Gasteiger partial charge in [-0.2, -0.15) is 5.10 Å². The molecule has 2 rings (SSSR count). The topological polar surface area (TPSA) is 83.9 Å². The van der Waals surface area contributed by atoms with Crippen LogP contribution in [0.25, 0.3) is 0 Å². The number of rotatable bonds is 3. The van der Waals surface area contributed by atoms with Crippen LogP contribution in [0.1, 0.15) is 0 Å². The molecular weight excluding hydrogens is 264 g/mol. The largest absolute Gasteiger partial charge is 0.331 e. The third-order valence-corrected chi connectivity index (χ3v) is 2.32. The average molecular weight is 276 g/mol. The number of benzene rings is 1. The molecule has 3 N–H and O–H groups in total. The van der Waals surface area contributed by atoms with Crippen molar-refractivity contribution in [2.45, 2.75) is 6.54 Å². The molecule has 0 aliphatic rings. The molecule has 0 radical (unpaired) electrons. The summed E-state index contributed by atoms with van der Waals surface area (Å²) in [7, 11) is 0. The second-order valence-corrected chi connectivity index (χ2v) is 3.99. The molecule has 0 saturated carbocycles. The maximum atomic E-state index is 11.5. The van der Waals surface area contributed by atoms with E-state index in [1.807, 2.05) is 30.3 Å². The Bertz CT molecular complexity index is 542. The van der Waals surface area contributed by atoms with Gasteiger partial charge >= 0.3 is 0 Å². The Labute approximate surface area is 115 Å². The molecule has 0 atom stereocenters. The van der Waals surface area contributed by atoms with Crippen molar-refractivity contribution < 1.29 is 4.79 Å². The van der Waals surface area contributed by atoms with Gasteiger partial charge in [0.25, 0.3) is 5.91 Å². The molecule has 0 spiro atoms. The van der Waals surface area contributed by atoms with Gasteiger partial charge in [0, 0.05) is 5.69 Å². The number of aromatic nitrogens is 3. The SMILES string of the molecule is O=C(Cn1cncn1)NNC(=S)Nc1ccccc1.